The summed E-state index contributed by atoms with van der Waals surface area (Å²) in [5.41, 5.74) is 1.63. The Bertz CT molecular complexity index is 568. The van der Waals surface area contributed by atoms with Crippen molar-refractivity contribution in [3.8, 4) is 5.75 Å². The SMILES string of the molecule is CCCCCCCOC(C)Oc1ccc(C(CC)CC(C)C)cc1C(=O)OC. The van der Waals surface area contributed by atoms with Gasteiger partial charge < -0.3 is 14.2 Å². The van der Waals surface area contributed by atoms with Crippen LogP contribution in [-0.4, -0.2) is 26.0 Å². The Kier molecular flexibility index (Phi) is 11.9. The number of rotatable bonds is 14. The maximum Gasteiger partial charge on any atom is 0.341 e. The molecule has 1 aromatic rings. The van der Waals surface area contributed by atoms with Crippen molar-refractivity contribution in [2.75, 3.05) is 13.7 Å². The highest BCUT2D eigenvalue weighted by atomic mass is 16.7. The summed E-state index contributed by atoms with van der Waals surface area (Å²) in [6.07, 6.45) is 7.70. The number of esters is 1. The van der Waals surface area contributed by atoms with E-state index in [4.69, 9.17) is 14.2 Å². The predicted octanol–water partition coefficient (Wildman–Crippen LogP) is 6.72. The van der Waals surface area contributed by atoms with Crippen LogP contribution < -0.4 is 4.74 Å². The Morgan fingerprint density at radius 3 is 2.36 bits per heavy atom. The second kappa shape index (κ2) is 13.6. The monoisotopic (exact) mass is 392 g/mol. The molecule has 0 aliphatic carbocycles. The lowest BCUT2D eigenvalue weighted by atomic mass is 9.87. The topological polar surface area (TPSA) is 44.8 Å². The van der Waals surface area contributed by atoms with Crippen molar-refractivity contribution in [1.82, 2.24) is 0 Å². The van der Waals surface area contributed by atoms with E-state index < -0.39 is 6.29 Å². The van der Waals surface area contributed by atoms with Gasteiger partial charge in [0.15, 0.2) is 6.29 Å². The number of benzene rings is 1. The zero-order valence-corrected chi connectivity index (χ0v) is 18.8. The molecular weight excluding hydrogens is 352 g/mol. The van der Waals surface area contributed by atoms with Gasteiger partial charge in [-0.05, 0) is 55.7 Å². The minimum atomic E-state index is -0.405. The van der Waals surface area contributed by atoms with Gasteiger partial charge in [0.05, 0.1) is 13.7 Å². The summed E-state index contributed by atoms with van der Waals surface area (Å²) in [6.45, 7) is 11.4. The highest BCUT2D eigenvalue weighted by Crippen LogP contribution is 2.31. The van der Waals surface area contributed by atoms with Crippen LogP contribution in [0.15, 0.2) is 18.2 Å². The second-order valence-corrected chi connectivity index (χ2v) is 7.95. The first-order chi connectivity index (χ1) is 13.4. The molecule has 0 saturated carbocycles. The fourth-order valence-electron chi connectivity index (χ4n) is 3.45. The summed E-state index contributed by atoms with van der Waals surface area (Å²) in [6, 6.07) is 5.87. The summed E-state index contributed by atoms with van der Waals surface area (Å²) in [7, 11) is 1.40. The van der Waals surface area contributed by atoms with Crippen molar-refractivity contribution in [2.45, 2.75) is 91.8 Å². The minimum absolute atomic E-state index is 0.372. The van der Waals surface area contributed by atoms with E-state index in [-0.39, 0.29) is 5.97 Å². The van der Waals surface area contributed by atoms with Crippen LogP contribution in [0.1, 0.15) is 101 Å². The van der Waals surface area contributed by atoms with Crippen molar-refractivity contribution < 1.29 is 19.0 Å². The van der Waals surface area contributed by atoms with Crippen LogP contribution in [0, 0.1) is 5.92 Å². The Morgan fingerprint density at radius 1 is 1.04 bits per heavy atom. The molecule has 0 aromatic heterocycles. The summed E-state index contributed by atoms with van der Waals surface area (Å²) in [5.74, 6) is 1.18. The summed E-state index contributed by atoms with van der Waals surface area (Å²) in [5, 5.41) is 0. The van der Waals surface area contributed by atoms with Crippen LogP contribution in [0.4, 0.5) is 0 Å². The molecule has 0 spiro atoms. The quantitative estimate of drug-likeness (QED) is 0.200. The molecule has 0 aliphatic rings. The molecule has 0 bridgehead atoms. The molecule has 0 aliphatic heterocycles. The van der Waals surface area contributed by atoms with Crippen LogP contribution in [0.5, 0.6) is 5.75 Å². The van der Waals surface area contributed by atoms with E-state index in [9.17, 15) is 4.79 Å². The van der Waals surface area contributed by atoms with Gasteiger partial charge in [-0.15, -0.1) is 0 Å². The van der Waals surface area contributed by atoms with Gasteiger partial charge in [-0.1, -0.05) is 59.4 Å². The van der Waals surface area contributed by atoms with Crippen LogP contribution in [0.25, 0.3) is 0 Å². The highest BCUT2D eigenvalue weighted by molar-refractivity contribution is 5.92. The summed E-state index contributed by atoms with van der Waals surface area (Å²) < 4.78 is 16.7. The average molecular weight is 393 g/mol. The molecule has 0 fully saturated rings. The smallest absolute Gasteiger partial charge is 0.341 e. The molecule has 0 radical (unpaired) electrons. The zero-order chi connectivity index (χ0) is 20.9. The lowest BCUT2D eigenvalue weighted by Crippen LogP contribution is -2.19. The number of hydrogen-bond acceptors (Lipinski definition) is 4. The molecule has 1 aromatic carbocycles. The maximum absolute atomic E-state index is 12.3. The predicted molar refractivity (Wildman–Crippen MR) is 115 cm³/mol. The Hall–Kier alpha value is -1.55. The van der Waals surface area contributed by atoms with Gasteiger partial charge in [0, 0.05) is 0 Å². The third kappa shape index (κ3) is 8.64. The van der Waals surface area contributed by atoms with E-state index in [0.717, 1.165) is 24.8 Å². The Labute approximate surface area is 172 Å². The molecule has 2 unspecified atom stereocenters. The summed E-state index contributed by atoms with van der Waals surface area (Å²) in [4.78, 5) is 12.3. The molecule has 4 heteroatoms. The van der Waals surface area contributed by atoms with Crippen LogP contribution >= 0.6 is 0 Å². The molecule has 4 nitrogen and oxygen atoms in total. The molecule has 160 valence electrons. The molecule has 2 atom stereocenters. The van der Waals surface area contributed by atoms with Crippen LogP contribution in [0.3, 0.4) is 0 Å². The standard InChI is InChI=1S/C24H40O4/c1-7-9-10-11-12-15-27-19(5)28-23-14-13-21(17-22(23)24(25)26-6)20(8-2)16-18(3)4/h13-14,17-20H,7-12,15-16H2,1-6H3. The molecule has 0 saturated heterocycles. The fraction of sp³-hybridized carbons (Fsp3) is 0.708. The molecule has 1 rings (SSSR count). The molecule has 28 heavy (non-hydrogen) atoms. The van der Waals surface area contributed by atoms with E-state index in [1.54, 1.807) is 0 Å². The van der Waals surface area contributed by atoms with Crippen LogP contribution in [0.2, 0.25) is 0 Å². The normalized spacial score (nSPS) is 13.4. The van der Waals surface area contributed by atoms with Crippen molar-refractivity contribution >= 4 is 5.97 Å². The third-order valence-corrected chi connectivity index (χ3v) is 5.02. The minimum Gasteiger partial charge on any atom is -0.465 e. The highest BCUT2D eigenvalue weighted by Gasteiger charge is 2.19. The van der Waals surface area contributed by atoms with Crippen molar-refractivity contribution in [3.05, 3.63) is 29.3 Å². The molecular formula is C24H40O4. The number of unbranched alkanes of at least 4 members (excludes halogenated alkanes) is 4. The number of ether oxygens (including phenoxy) is 3. The van der Waals surface area contributed by atoms with E-state index in [0.29, 0.717) is 29.8 Å². The third-order valence-electron chi connectivity index (χ3n) is 5.02. The first-order valence-electron chi connectivity index (χ1n) is 10.9. The second-order valence-electron chi connectivity index (χ2n) is 7.95. The van der Waals surface area contributed by atoms with Crippen molar-refractivity contribution in [1.29, 1.82) is 0 Å². The number of methoxy groups -OCH3 is 1. The van der Waals surface area contributed by atoms with E-state index >= 15 is 0 Å². The van der Waals surface area contributed by atoms with Gasteiger partial charge in [-0.2, -0.15) is 0 Å². The van der Waals surface area contributed by atoms with Gasteiger partial charge in [-0.25, -0.2) is 4.79 Å². The van der Waals surface area contributed by atoms with Crippen molar-refractivity contribution in [2.24, 2.45) is 5.92 Å². The van der Waals surface area contributed by atoms with Gasteiger partial charge in [0.2, 0.25) is 0 Å². The summed E-state index contributed by atoms with van der Waals surface area (Å²) >= 11 is 0. The van der Waals surface area contributed by atoms with Gasteiger partial charge >= 0.3 is 5.97 Å². The fourth-order valence-corrected chi connectivity index (χ4v) is 3.45. The van der Waals surface area contributed by atoms with Crippen LogP contribution in [-0.2, 0) is 9.47 Å². The van der Waals surface area contributed by atoms with Gasteiger partial charge in [0.1, 0.15) is 11.3 Å². The molecule has 0 N–H and O–H groups in total. The zero-order valence-electron chi connectivity index (χ0n) is 18.8. The lowest BCUT2D eigenvalue weighted by molar-refractivity contribution is -0.0680. The number of hydrogen-bond donors (Lipinski definition) is 0. The maximum atomic E-state index is 12.3. The Balaban J connectivity index is 2.77. The van der Waals surface area contributed by atoms with Gasteiger partial charge in [-0.3, -0.25) is 0 Å². The van der Waals surface area contributed by atoms with Crippen molar-refractivity contribution in [3.63, 3.8) is 0 Å². The Morgan fingerprint density at radius 2 is 1.75 bits per heavy atom. The van der Waals surface area contributed by atoms with E-state index in [1.165, 1.54) is 32.8 Å². The number of carbonyl (C=O) groups is 1. The first kappa shape index (κ1) is 24.5. The first-order valence-corrected chi connectivity index (χ1v) is 10.9. The number of carbonyl (C=O) groups excluding carboxylic acids is 1. The average Bonchev–Trinajstić information content (AvgIpc) is 2.68. The van der Waals surface area contributed by atoms with E-state index in [1.807, 2.05) is 19.1 Å². The van der Waals surface area contributed by atoms with Gasteiger partial charge in [0.25, 0.3) is 0 Å². The lowest BCUT2D eigenvalue weighted by Gasteiger charge is -2.21. The molecule has 0 heterocycles. The largest absolute Gasteiger partial charge is 0.465 e. The molecule has 0 amide bonds. The van der Waals surface area contributed by atoms with E-state index in [2.05, 4.69) is 33.8 Å².